The van der Waals surface area contributed by atoms with Gasteiger partial charge in [-0.15, -0.1) is 10.2 Å². The van der Waals surface area contributed by atoms with Gasteiger partial charge in [-0.3, -0.25) is 0 Å². The van der Waals surface area contributed by atoms with E-state index >= 15 is 0 Å². The monoisotopic (exact) mass is 278 g/mol. The molecule has 2 rings (SSSR count). The summed E-state index contributed by atoms with van der Waals surface area (Å²) in [6.45, 7) is 6.90. The zero-order valence-corrected chi connectivity index (χ0v) is 12.6. The van der Waals surface area contributed by atoms with Crippen LogP contribution < -0.4 is 5.32 Å². The van der Waals surface area contributed by atoms with Crippen LogP contribution in [0.25, 0.3) is 0 Å². The number of nitrogens with zero attached hydrogens (tertiary/aromatic N) is 5. The van der Waals surface area contributed by atoms with Gasteiger partial charge in [-0.1, -0.05) is 0 Å². The van der Waals surface area contributed by atoms with Gasteiger partial charge < -0.3 is 19.2 Å². The Balaban J connectivity index is 1.89. The molecule has 1 N–H and O–H groups in total. The summed E-state index contributed by atoms with van der Waals surface area (Å²) in [5, 5.41) is 11.4. The first-order chi connectivity index (χ1) is 9.63. The number of rotatable bonds is 7. The average molecular weight is 278 g/mol. The Morgan fingerprint density at radius 2 is 2.00 bits per heavy atom. The summed E-state index contributed by atoms with van der Waals surface area (Å²) in [6, 6.07) is 0. The normalized spacial score (nSPS) is 11.2. The van der Waals surface area contributed by atoms with Crippen LogP contribution in [0.2, 0.25) is 0 Å². The van der Waals surface area contributed by atoms with Gasteiger partial charge in [-0.25, -0.2) is 4.98 Å². The van der Waals surface area contributed by atoms with Crippen LogP contribution in [0.3, 0.4) is 0 Å². The van der Waals surface area contributed by atoms with Crippen LogP contribution in [0.15, 0.2) is 6.33 Å². The minimum atomic E-state index is 0.656. The lowest BCUT2D eigenvalue weighted by Crippen LogP contribution is -2.19. The fourth-order valence-electron chi connectivity index (χ4n) is 2.02. The Bertz CT molecular complexity index is 559. The Morgan fingerprint density at radius 3 is 2.65 bits per heavy atom. The summed E-state index contributed by atoms with van der Waals surface area (Å²) in [5.41, 5.74) is 2.28. The number of hydrogen-bond donors (Lipinski definition) is 1. The summed E-state index contributed by atoms with van der Waals surface area (Å²) in [6.07, 6.45) is 1.73. The van der Waals surface area contributed by atoms with Gasteiger partial charge in [0, 0.05) is 26.4 Å². The molecule has 0 aliphatic heterocycles. The van der Waals surface area contributed by atoms with Crippen LogP contribution in [0.5, 0.6) is 0 Å². The summed E-state index contributed by atoms with van der Waals surface area (Å²) in [7, 11) is 3.72. The van der Waals surface area contributed by atoms with Crippen LogP contribution in [0, 0.1) is 13.8 Å². The highest BCUT2D eigenvalue weighted by Gasteiger charge is 2.08. The number of aryl methyl sites for hydroxylation is 1. The van der Waals surface area contributed by atoms with Crippen molar-refractivity contribution in [3.05, 3.63) is 29.4 Å². The van der Waals surface area contributed by atoms with Gasteiger partial charge in [0.25, 0.3) is 0 Å². The molecule has 7 heteroatoms. The van der Waals surface area contributed by atoms with Crippen LogP contribution in [0.1, 0.15) is 23.0 Å². The fourth-order valence-corrected chi connectivity index (χ4v) is 2.02. The van der Waals surface area contributed by atoms with Crippen LogP contribution >= 0.6 is 0 Å². The van der Waals surface area contributed by atoms with Crippen LogP contribution in [-0.4, -0.2) is 38.0 Å². The van der Waals surface area contributed by atoms with E-state index in [0.717, 1.165) is 23.9 Å². The zero-order chi connectivity index (χ0) is 14.5. The molecule has 2 heterocycles. The minimum Gasteiger partial charge on any atom is -0.383 e. The Kier molecular flexibility index (Phi) is 4.86. The SMILES string of the molecule is COCCn1cnnc1CNCc1nc(C)c(C)n1C. The summed E-state index contributed by atoms with van der Waals surface area (Å²) >= 11 is 0. The van der Waals surface area contributed by atoms with E-state index in [1.807, 2.05) is 18.5 Å². The quantitative estimate of drug-likeness (QED) is 0.801. The maximum Gasteiger partial charge on any atom is 0.146 e. The molecule has 0 fully saturated rings. The number of nitrogens with one attached hydrogen (secondary N) is 1. The fraction of sp³-hybridized carbons (Fsp3) is 0.615. The van der Waals surface area contributed by atoms with Gasteiger partial charge in [0.1, 0.15) is 18.0 Å². The first-order valence-electron chi connectivity index (χ1n) is 6.68. The number of imidazole rings is 1. The van der Waals surface area contributed by atoms with Gasteiger partial charge in [-0.05, 0) is 13.8 Å². The molecule has 0 unspecified atom stereocenters. The molecule has 0 bridgehead atoms. The molecule has 7 nitrogen and oxygen atoms in total. The summed E-state index contributed by atoms with van der Waals surface area (Å²) in [4.78, 5) is 4.54. The number of methoxy groups -OCH3 is 1. The van der Waals surface area contributed by atoms with E-state index in [0.29, 0.717) is 19.7 Å². The Labute approximate surface area is 119 Å². The molecule has 0 aliphatic rings. The molecule has 0 spiro atoms. The van der Waals surface area contributed by atoms with Crippen LogP contribution in [-0.2, 0) is 31.4 Å². The minimum absolute atomic E-state index is 0.656. The third-order valence-electron chi connectivity index (χ3n) is 3.51. The van der Waals surface area contributed by atoms with Crippen molar-refractivity contribution in [2.24, 2.45) is 7.05 Å². The lowest BCUT2D eigenvalue weighted by atomic mass is 10.4. The summed E-state index contributed by atoms with van der Waals surface area (Å²) in [5.74, 6) is 1.94. The molecule has 110 valence electrons. The van der Waals surface area contributed by atoms with E-state index in [2.05, 4.69) is 32.0 Å². The van der Waals surface area contributed by atoms with Crippen molar-refractivity contribution in [3.63, 3.8) is 0 Å². The van der Waals surface area contributed by atoms with Gasteiger partial charge >= 0.3 is 0 Å². The van der Waals surface area contributed by atoms with Crippen molar-refractivity contribution in [1.82, 2.24) is 29.6 Å². The van der Waals surface area contributed by atoms with Crippen LogP contribution in [0.4, 0.5) is 0 Å². The molecule has 2 aromatic rings. The second kappa shape index (κ2) is 6.62. The molecule has 20 heavy (non-hydrogen) atoms. The van der Waals surface area contributed by atoms with Crippen molar-refractivity contribution in [1.29, 1.82) is 0 Å². The van der Waals surface area contributed by atoms with Crippen molar-refractivity contribution >= 4 is 0 Å². The first kappa shape index (κ1) is 14.7. The van der Waals surface area contributed by atoms with Gasteiger partial charge in [-0.2, -0.15) is 0 Å². The van der Waals surface area contributed by atoms with E-state index < -0.39 is 0 Å². The highest BCUT2D eigenvalue weighted by Crippen LogP contribution is 2.07. The highest BCUT2D eigenvalue weighted by molar-refractivity contribution is 5.13. The largest absolute Gasteiger partial charge is 0.383 e. The third kappa shape index (κ3) is 3.23. The maximum absolute atomic E-state index is 5.07. The van der Waals surface area contributed by atoms with Gasteiger partial charge in [0.15, 0.2) is 0 Å². The maximum atomic E-state index is 5.07. The third-order valence-corrected chi connectivity index (χ3v) is 3.51. The van der Waals surface area contributed by atoms with Crippen molar-refractivity contribution in [2.45, 2.75) is 33.5 Å². The molecule has 0 saturated carbocycles. The lowest BCUT2D eigenvalue weighted by Gasteiger charge is -2.07. The lowest BCUT2D eigenvalue weighted by molar-refractivity contribution is 0.186. The number of aromatic nitrogens is 5. The van der Waals surface area contributed by atoms with E-state index in [-0.39, 0.29) is 0 Å². The smallest absolute Gasteiger partial charge is 0.146 e. The molecule has 0 aliphatic carbocycles. The topological polar surface area (TPSA) is 69.8 Å². The second-order valence-electron chi connectivity index (χ2n) is 4.79. The average Bonchev–Trinajstić information content (AvgIpc) is 2.98. The number of ether oxygens (including phenoxy) is 1. The molecule has 0 aromatic carbocycles. The predicted molar refractivity (Wildman–Crippen MR) is 75.1 cm³/mol. The standard InChI is InChI=1S/C13H22N6O/c1-10-11(2)18(3)12(16-10)7-14-8-13-17-15-9-19(13)5-6-20-4/h9,14H,5-8H2,1-4H3. The second-order valence-corrected chi connectivity index (χ2v) is 4.79. The summed E-state index contributed by atoms with van der Waals surface area (Å²) < 4.78 is 9.17. The molecule has 2 aromatic heterocycles. The van der Waals surface area contributed by atoms with Crippen molar-refractivity contribution < 1.29 is 4.74 Å². The number of hydrogen-bond acceptors (Lipinski definition) is 5. The van der Waals surface area contributed by atoms with E-state index in [9.17, 15) is 0 Å². The van der Waals surface area contributed by atoms with E-state index in [1.54, 1.807) is 13.4 Å². The van der Waals surface area contributed by atoms with E-state index in [1.165, 1.54) is 5.69 Å². The van der Waals surface area contributed by atoms with Crippen molar-refractivity contribution in [2.75, 3.05) is 13.7 Å². The van der Waals surface area contributed by atoms with Gasteiger partial charge in [0.05, 0.1) is 25.4 Å². The molecule has 0 saturated heterocycles. The van der Waals surface area contributed by atoms with Gasteiger partial charge in [0.2, 0.25) is 0 Å². The van der Waals surface area contributed by atoms with Crippen molar-refractivity contribution in [3.8, 4) is 0 Å². The zero-order valence-electron chi connectivity index (χ0n) is 12.6. The Morgan fingerprint density at radius 1 is 1.25 bits per heavy atom. The Hall–Kier alpha value is -1.73. The van der Waals surface area contributed by atoms with E-state index in [4.69, 9.17) is 4.74 Å². The molecule has 0 amide bonds. The molecular weight excluding hydrogens is 256 g/mol. The first-order valence-corrected chi connectivity index (χ1v) is 6.68. The predicted octanol–water partition coefficient (Wildman–Crippen LogP) is 0.565. The molecular formula is C13H22N6O. The molecule has 0 atom stereocenters. The molecule has 0 radical (unpaired) electrons. The highest BCUT2D eigenvalue weighted by atomic mass is 16.5.